The van der Waals surface area contributed by atoms with Crippen LogP contribution in [0, 0.1) is 0 Å². The van der Waals surface area contributed by atoms with Gasteiger partial charge in [0, 0.05) is 0 Å². The summed E-state index contributed by atoms with van der Waals surface area (Å²) in [5.74, 6) is 0. The molecular formula is C9H26B. The van der Waals surface area contributed by atoms with E-state index in [4.69, 9.17) is 0 Å². The van der Waals surface area contributed by atoms with E-state index in [0.29, 0.717) is 0 Å². The second-order valence-corrected chi connectivity index (χ2v) is 1.81. The molecular weight excluding hydrogens is 119 g/mol. The molecule has 0 unspecified atom stereocenters. The van der Waals surface area contributed by atoms with E-state index in [1.54, 1.807) is 0 Å². The largest absolute Gasteiger partial charge is 0.108 e. The van der Waals surface area contributed by atoms with Gasteiger partial charge in [0.1, 0.15) is 7.28 Å². The van der Waals surface area contributed by atoms with Crippen LogP contribution in [0.4, 0.5) is 0 Å². The Morgan fingerprint density at radius 3 is 1.00 bits per heavy atom. The lowest BCUT2D eigenvalue weighted by molar-refractivity contribution is 1.09. The molecule has 0 amide bonds. The first-order valence-electron chi connectivity index (χ1n) is 3.64. The van der Waals surface area contributed by atoms with Crippen molar-refractivity contribution in [2.45, 2.75) is 61.6 Å². The minimum absolute atomic E-state index is 0. The molecule has 0 bridgehead atoms. The zero-order valence-corrected chi connectivity index (χ0v) is 6.70. The summed E-state index contributed by atoms with van der Waals surface area (Å²) in [5, 5.41) is 0. The Balaban J connectivity index is -0.0000000326. The van der Waals surface area contributed by atoms with Gasteiger partial charge in [0.15, 0.2) is 0 Å². The summed E-state index contributed by atoms with van der Waals surface area (Å²) in [7, 11) is 2.25. The van der Waals surface area contributed by atoms with Crippen molar-refractivity contribution in [1.29, 1.82) is 0 Å². The zero-order valence-electron chi connectivity index (χ0n) is 6.70. The third-order valence-corrected chi connectivity index (χ3v) is 0.577. The van der Waals surface area contributed by atoms with Gasteiger partial charge in [-0.25, -0.2) is 0 Å². The molecule has 0 spiro atoms. The Kier molecular flexibility index (Phi) is 80.2. The maximum absolute atomic E-state index is 2.25. The third kappa shape index (κ3) is 94.4. The van der Waals surface area contributed by atoms with Gasteiger partial charge in [0.2, 0.25) is 0 Å². The molecule has 65 valence electrons. The van der Waals surface area contributed by atoms with E-state index in [9.17, 15) is 0 Å². The van der Waals surface area contributed by atoms with Gasteiger partial charge in [-0.15, -0.1) is 0 Å². The van der Waals surface area contributed by atoms with Crippen LogP contribution < -0.4 is 0 Å². The Morgan fingerprint density at radius 1 is 0.800 bits per heavy atom. The highest BCUT2D eigenvalue weighted by Gasteiger charge is 1.72. The fourth-order valence-corrected chi connectivity index (χ4v) is 0.289. The van der Waals surface area contributed by atoms with Crippen molar-refractivity contribution in [2.24, 2.45) is 0 Å². The van der Waals surface area contributed by atoms with E-state index in [2.05, 4.69) is 35.0 Å². The molecule has 0 aromatic rings. The standard InChI is InChI=1S/C4H10B.C3H8.2CH4/c1-3-5-4-2;1-3-2;;/h3-4H2,1-2H3;3H2,1-2H3;2*1H4. The lowest BCUT2D eigenvalue weighted by Gasteiger charge is -1.75. The van der Waals surface area contributed by atoms with Crippen LogP contribution in [-0.4, -0.2) is 7.28 Å². The number of rotatable bonds is 2. The minimum Gasteiger partial charge on any atom is -0.0831 e. The van der Waals surface area contributed by atoms with Crippen molar-refractivity contribution < 1.29 is 0 Å². The monoisotopic (exact) mass is 145 g/mol. The van der Waals surface area contributed by atoms with Crippen molar-refractivity contribution in [3.05, 3.63) is 0 Å². The summed E-state index contributed by atoms with van der Waals surface area (Å²) in [6.07, 6.45) is 3.69. The molecule has 0 saturated heterocycles. The van der Waals surface area contributed by atoms with Crippen molar-refractivity contribution in [3.63, 3.8) is 0 Å². The van der Waals surface area contributed by atoms with Gasteiger partial charge in [-0.2, -0.15) is 0 Å². The van der Waals surface area contributed by atoms with Crippen molar-refractivity contribution >= 4 is 7.28 Å². The van der Waals surface area contributed by atoms with Crippen LogP contribution in [0.25, 0.3) is 0 Å². The van der Waals surface area contributed by atoms with Crippen LogP contribution in [0.2, 0.25) is 12.6 Å². The third-order valence-electron chi connectivity index (χ3n) is 0.577. The minimum atomic E-state index is 0. The van der Waals surface area contributed by atoms with Crippen molar-refractivity contribution in [2.75, 3.05) is 0 Å². The lowest BCUT2D eigenvalue weighted by atomic mass is 9.73. The highest BCUT2D eigenvalue weighted by Crippen LogP contribution is 1.77. The maximum atomic E-state index is 2.25. The summed E-state index contributed by atoms with van der Waals surface area (Å²) >= 11 is 0. The van der Waals surface area contributed by atoms with Crippen LogP contribution in [0.15, 0.2) is 0 Å². The first-order valence-corrected chi connectivity index (χ1v) is 3.64. The molecule has 1 radical (unpaired) electrons. The van der Waals surface area contributed by atoms with Crippen LogP contribution in [0.1, 0.15) is 49.0 Å². The van der Waals surface area contributed by atoms with Gasteiger partial charge < -0.3 is 0 Å². The summed E-state index contributed by atoms with van der Waals surface area (Å²) < 4.78 is 0. The average Bonchev–Trinajstić information content (AvgIpc) is 1.71. The molecule has 0 aliphatic heterocycles. The molecule has 0 N–H and O–H groups in total. The van der Waals surface area contributed by atoms with Crippen LogP contribution in [0.5, 0.6) is 0 Å². The van der Waals surface area contributed by atoms with Crippen LogP contribution >= 0.6 is 0 Å². The Labute approximate surface area is 69.7 Å². The van der Waals surface area contributed by atoms with Gasteiger partial charge >= 0.3 is 0 Å². The smallest absolute Gasteiger partial charge is 0.0831 e. The van der Waals surface area contributed by atoms with Crippen molar-refractivity contribution in [3.8, 4) is 0 Å². The quantitative estimate of drug-likeness (QED) is 0.509. The lowest BCUT2D eigenvalue weighted by Crippen LogP contribution is -1.76. The number of hydrogen-bond acceptors (Lipinski definition) is 0. The van der Waals surface area contributed by atoms with E-state index >= 15 is 0 Å². The van der Waals surface area contributed by atoms with Crippen LogP contribution in [0.3, 0.4) is 0 Å². The number of hydrogen-bond donors (Lipinski definition) is 0. The predicted molar refractivity (Wildman–Crippen MR) is 56.1 cm³/mol. The molecule has 0 aromatic carbocycles. The summed E-state index contributed by atoms with van der Waals surface area (Å²) in [6.45, 7) is 8.56. The molecule has 0 atom stereocenters. The molecule has 0 saturated carbocycles. The first-order chi connectivity index (χ1) is 3.83. The average molecular weight is 145 g/mol. The predicted octanol–water partition coefficient (Wildman–Crippen LogP) is 4.26. The van der Waals surface area contributed by atoms with Gasteiger partial charge in [0.05, 0.1) is 0 Å². The summed E-state index contributed by atoms with van der Waals surface area (Å²) in [5.41, 5.74) is 0. The van der Waals surface area contributed by atoms with Crippen molar-refractivity contribution in [1.82, 2.24) is 0 Å². The topological polar surface area (TPSA) is 0 Å². The normalized spacial score (nSPS) is 5.60. The highest BCUT2D eigenvalue weighted by molar-refractivity contribution is 6.34. The van der Waals surface area contributed by atoms with E-state index in [1.165, 1.54) is 19.1 Å². The van der Waals surface area contributed by atoms with Gasteiger partial charge in [-0.1, -0.05) is 61.6 Å². The molecule has 0 nitrogen and oxygen atoms in total. The molecule has 0 aromatic heterocycles. The molecule has 0 heterocycles. The van der Waals surface area contributed by atoms with Gasteiger partial charge in [0.25, 0.3) is 0 Å². The molecule has 10 heavy (non-hydrogen) atoms. The molecule has 0 aliphatic rings. The zero-order chi connectivity index (χ0) is 6.83. The van der Waals surface area contributed by atoms with E-state index in [-0.39, 0.29) is 14.9 Å². The SMILES string of the molecule is C.C.CCC.CC[B]CC. The molecule has 0 aliphatic carbocycles. The molecule has 0 fully saturated rings. The van der Waals surface area contributed by atoms with E-state index < -0.39 is 0 Å². The highest BCUT2D eigenvalue weighted by atomic mass is 13.5. The van der Waals surface area contributed by atoms with E-state index in [0.717, 1.165) is 0 Å². The second-order valence-electron chi connectivity index (χ2n) is 1.81. The molecule has 0 rings (SSSR count). The Morgan fingerprint density at radius 2 is 1.00 bits per heavy atom. The summed E-state index contributed by atoms with van der Waals surface area (Å²) in [6, 6.07) is 0. The van der Waals surface area contributed by atoms with Gasteiger partial charge in [-0.05, 0) is 0 Å². The van der Waals surface area contributed by atoms with Crippen LogP contribution in [-0.2, 0) is 0 Å². The van der Waals surface area contributed by atoms with Gasteiger partial charge in [-0.3, -0.25) is 0 Å². The fourth-order valence-electron chi connectivity index (χ4n) is 0.289. The summed E-state index contributed by atoms with van der Waals surface area (Å²) in [4.78, 5) is 0. The second kappa shape index (κ2) is 35.7. The fraction of sp³-hybridized carbons (Fsp3) is 1.00. The first kappa shape index (κ1) is 22.5. The Hall–Kier alpha value is 0.0649. The Bertz CT molecular complexity index is 18.7. The van der Waals surface area contributed by atoms with E-state index in [1.807, 2.05) is 0 Å². The maximum Gasteiger partial charge on any atom is 0.108 e. The molecule has 1 heteroatoms.